The van der Waals surface area contributed by atoms with Gasteiger partial charge in [0.05, 0.1) is 6.21 Å². The lowest BCUT2D eigenvalue weighted by molar-refractivity contribution is 0.511. The third-order valence-corrected chi connectivity index (χ3v) is 1.72. The summed E-state index contributed by atoms with van der Waals surface area (Å²) in [6.45, 7) is 1.77. The number of nitrogens with two attached hydrogens (primary N) is 1. The molecule has 0 unspecified atom stereocenters. The Morgan fingerprint density at radius 3 is 2.77 bits per heavy atom. The van der Waals surface area contributed by atoms with Crippen molar-refractivity contribution in [3.05, 3.63) is 41.5 Å². The molecule has 0 radical (unpaired) electrons. The fourth-order valence-electron chi connectivity index (χ4n) is 1.08. The molecular formula is C10H12N2O. The first-order valence-corrected chi connectivity index (χ1v) is 3.97. The molecule has 13 heavy (non-hydrogen) atoms. The fraction of sp³-hybridized carbons (Fsp3) is 0.100. The maximum atomic E-state index is 9.50. The topological polar surface area (TPSA) is 58.6 Å². The van der Waals surface area contributed by atoms with Crippen LogP contribution in [0.5, 0.6) is 0 Å². The zero-order valence-electron chi connectivity index (χ0n) is 7.44. The SMILES string of the molecule is C/C=C(\O)c1ccccc1/C=N\N. The highest BCUT2D eigenvalue weighted by molar-refractivity contribution is 5.86. The summed E-state index contributed by atoms with van der Waals surface area (Å²) < 4.78 is 0. The third-order valence-electron chi connectivity index (χ3n) is 1.72. The van der Waals surface area contributed by atoms with Gasteiger partial charge in [-0.25, -0.2) is 0 Å². The second-order valence-corrected chi connectivity index (χ2v) is 2.54. The van der Waals surface area contributed by atoms with Crippen molar-refractivity contribution in [3.8, 4) is 0 Å². The van der Waals surface area contributed by atoms with Crippen molar-refractivity contribution >= 4 is 12.0 Å². The fourth-order valence-corrected chi connectivity index (χ4v) is 1.08. The zero-order chi connectivity index (χ0) is 9.68. The van der Waals surface area contributed by atoms with Crippen molar-refractivity contribution in [2.75, 3.05) is 0 Å². The van der Waals surface area contributed by atoms with Crippen LogP contribution in [0.2, 0.25) is 0 Å². The van der Waals surface area contributed by atoms with Gasteiger partial charge in [-0.05, 0) is 13.0 Å². The maximum absolute atomic E-state index is 9.50. The van der Waals surface area contributed by atoms with Gasteiger partial charge in [-0.2, -0.15) is 5.10 Å². The maximum Gasteiger partial charge on any atom is 0.119 e. The normalized spacial score (nSPS) is 12.2. The van der Waals surface area contributed by atoms with Crippen molar-refractivity contribution in [1.82, 2.24) is 0 Å². The van der Waals surface area contributed by atoms with E-state index in [4.69, 9.17) is 5.84 Å². The van der Waals surface area contributed by atoms with Gasteiger partial charge in [-0.3, -0.25) is 0 Å². The van der Waals surface area contributed by atoms with E-state index in [0.717, 1.165) is 11.1 Å². The van der Waals surface area contributed by atoms with Crippen LogP contribution in [0.3, 0.4) is 0 Å². The van der Waals surface area contributed by atoms with E-state index in [1.54, 1.807) is 13.0 Å². The number of nitrogens with zero attached hydrogens (tertiary/aromatic N) is 1. The zero-order valence-corrected chi connectivity index (χ0v) is 7.44. The number of allylic oxidation sites excluding steroid dienone is 1. The molecule has 0 saturated heterocycles. The first-order chi connectivity index (χ1) is 6.29. The van der Waals surface area contributed by atoms with E-state index >= 15 is 0 Å². The van der Waals surface area contributed by atoms with Gasteiger partial charge in [-0.15, -0.1) is 0 Å². The van der Waals surface area contributed by atoms with Crippen LogP contribution in [0.4, 0.5) is 0 Å². The number of rotatable bonds is 2. The molecule has 0 fully saturated rings. The molecule has 0 aliphatic rings. The van der Waals surface area contributed by atoms with E-state index < -0.39 is 0 Å². The largest absolute Gasteiger partial charge is 0.508 e. The van der Waals surface area contributed by atoms with Gasteiger partial charge >= 0.3 is 0 Å². The molecule has 0 spiro atoms. The summed E-state index contributed by atoms with van der Waals surface area (Å²) in [5.41, 5.74) is 1.54. The van der Waals surface area contributed by atoms with Crippen LogP contribution in [0.25, 0.3) is 5.76 Å². The molecule has 1 aromatic rings. The molecule has 0 aromatic heterocycles. The van der Waals surface area contributed by atoms with Gasteiger partial charge in [0.2, 0.25) is 0 Å². The summed E-state index contributed by atoms with van der Waals surface area (Å²) >= 11 is 0. The van der Waals surface area contributed by atoms with E-state index in [2.05, 4.69) is 5.10 Å². The first-order valence-electron chi connectivity index (χ1n) is 3.97. The summed E-state index contributed by atoms with van der Waals surface area (Å²) in [5.74, 6) is 5.27. The molecule has 68 valence electrons. The Labute approximate surface area is 77.2 Å². The van der Waals surface area contributed by atoms with Gasteiger partial charge < -0.3 is 10.9 Å². The minimum atomic E-state index is 0.232. The molecular weight excluding hydrogens is 164 g/mol. The molecule has 0 atom stereocenters. The lowest BCUT2D eigenvalue weighted by atomic mass is 10.1. The Hall–Kier alpha value is -1.77. The molecule has 0 amide bonds. The van der Waals surface area contributed by atoms with Crippen LogP contribution in [0.15, 0.2) is 35.4 Å². The Morgan fingerprint density at radius 1 is 1.46 bits per heavy atom. The van der Waals surface area contributed by atoms with E-state index in [1.165, 1.54) is 6.21 Å². The lowest BCUT2D eigenvalue weighted by Gasteiger charge is -2.02. The number of hydrazone groups is 1. The molecule has 3 heteroatoms. The number of benzene rings is 1. The van der Waals surface area contributed by atoms with Gasteiger partial charge in [0.15, 0.2) is 0 Å². The smallest absolute Gasteiger partial charge is 0.119 e. The first kappa shape index (κ1) is 9.32. The van der Waals surface area contributed by atoms with Crippen molar-refractivity contribution < 1.29 is 5.11 Å². The molecule has 0 aliphatic heterocycles. The molecule has 3 nitrogen and oxygen atoms in total. The average Bonchev–Trinajstić information content (AvgIpc) is 2.18. The number of hydrogen-bond acceptors (Lipinski definition) is 3. The highest BCUT2D eigenvalue weighted by Gasteiger charge is 2.01. The number of hydrogen-bond donors (Lipinski definition) is 2. The molecule has 0 heterocycles. The van der Waals surface area contributed by atoms with E-state index in [0.29, 0.717) is 0 Å². The summed E-state index contributed by atoms with van der Waals surface area (Å²) in [5, 5.41) is 12.9. The predicted molar refractivity (Wildman–Crippen MR) is 54.5 cm³/mol. The monoisotopic (exact) mass is 176 g/mol. The van der Waals surface area contributed by atoms with Crippen LogP contribution in [0.1, 0.15) is 18.1 Å². The molecule has 1 rings (SSSR count). The van der Waals surface area contributed by atoms with Crippen molar-refractivity contribution in [2.24, 2.45) is 10.9 Å². The summed E-state index contributed by atoms with van der Waals surface area (Å²) in [7, 11) is 0. The highest BCUT2D eigenvalue weighted by Crippen LogP contribution is 2.14. The van der Waals surface area contributed by atoms with Crippen molar-refractivity contribution in [3.63, 3.8) is 0 Å². The van der Waals surface area contributed by atoms with Crippen LogP contribution >= 0.6 is 0 Å². The van der Waals surface area contributed by atoms with Crippen LogP contribution in [0, 0.1) is 0 Å². The number of aliphatic hydroxyl groups is 1. The van der Waals surface area contributed by atoms with Gasteiger partial charge in [0, 0.05) is 11.1 Å². The third kappa shape index (κ3) is 2.08. The quantitative estimate of drug-likeness (QED) is 0.313. The second-order valence-electron chi connectivity index (χ2n) is 2.54. The Morgan fingerprint density at radius 2 is 2.15 bits per heavy atom. The highest BCUT2D eigenvalue weighted by atomic mass is 16.3. The Balaban J connectivity index is 3.19. The van der Waals surface area contributed by atoms with Crippen LogP contribution in [-0.2, 0) is 0 Å². The second kappa shape index (κ2) is 4.30. The summed E-state index contributed by atoms with van der Waals surface area (Å²) in [6, 6.07) is 7.37. The van der Waals surface area contributed by atoms with Gasteiger partial charge in [-0.1, -0.05) is 24.3 Å². The summed E-state index contributed by atoms with van der Waals surface area (Å²) in [6.07, 6.45) is 3.14. The molecule has 3 N–H and O–H groups in total. The minimum Gasteiger partial charge on any atom is -0.508 e. The molecule has 0 aliphatic carbocycles. The standard InChI is InChI=1S/C10H12N2O/c1-2-10(13)9-6-4-3-5-8(9)7-12-11/h2-7,13H,11H2,1H3/b10-2-,12-7-. The van der Waals surface area contributed by atoms with E-state index in [1.807, 2.05) is 24.3 Å². The summed E-state index contributed by atoms with van der Waals surface area (Å²) in [4.78, 5) is 0. The van der Waals surface area contributed by atoms with Crippen molar-refractivity contribution in [1.29, 1.82) is 0 Å². The molecule has 0 saturated carbocycles. The molecule has 0 bridgehead atoms. The van der Waals surface area contributed by atoms with E-state index in [-0.39, 0.29) is 5.76 Å². The average molecular weight is 176 g/mol. The molecule has 1 aromatic carbocycles. The minimum absolute atomic E-state index is 0.232. The van der Waals surface area contributed by atoms with Crippen LogP contribution in [-0.4, -0.2) is 11.3 Å². The predicted octanol–water partition coefficient (Wildman–Crippen LogP) is 1.90. The van der Waals surface area contributed by atoms with Crippen molar-refractivity contribution in [2.45, 2.75) is 6.92 Å². The number of aliphatic hydroxyl groups excluding tert-OH is 1. The van der Waals surface area contributed by atoms with Gasteiger partial charge in [0.1, 0.15) is 5.76 Å². The van der Waals surface area contributed by atoms with Crippen LogP contribution < -0.4 is 5.84 Å². The lowest BCUT2D eigenvalue weighted by Crippen LogP contribution is -1.93. The Kier molecular flexibility index (Phi) is 3.09. The van der Waals surface area contributed by atoms with E-state index in [9.17, 15) is 5.11 Å². The Bertz CT molecular complexity index is 343. The van der Waals surface area contributed by atoms with Gasteiger partial charge in [0.25, 0.3) is 0 Å².